The number of rotatable bonds is 4. The van der Waals surface area contributed by atoms with E-state index in [1.54, 1.807) is 0 Å². The fraction of sp³-hybridized carbons (Fsp3) is 0.500. The molecule has 2 N–H and O–H groups in total. The maximum atomic E-state index is 5.51. The van der Waals surface area contributed by atoms with E-state index in [0.717, 1.165) is 5.82 Å². The van der Waals surface area contributed by atoms with Gasteiger partial charge in [0.25, 0.3) is 0 Å². The summed E-state index contributed by atoms with van der Waals surface area (Å²) in [6.07, 6.45) is 6.52. The summed E-state index contributed by atoms with van der Waals surface area (Å²) in [5, 5.41) is 4.09. The summed E-state index contributed by atoms with van der Waals surface area (Å²) >= 11 is 0. The van der Waals surface area contributed by atoms with E-state index in [2.05, 4.69) is 34.0 Å². The average molecular weight is 232 g/mol. The second-order valence-electron chi connectivity index (χ2n) is 4.73. The summed E-state index contributed by atoms with van der Waals surface area (Å²) < 4.78 is 7.30. The Kier molecular flexibility index (Phi) is 2.29. The largest absolute Gasteiger partial charge is 0.341 e. The molecule has 0 aromatic carbocycles. The summed E-state index contributed by atoms with van der Waals surface area (Å²) in [6.45, 7) is 2.45. The van der Waals surface area contributed by atoms with Crippen LogP contribution < -0.4 is 5.73 Å². The molecule has 2 aromatic heterocycles. The molecular formula is C12H16N4O. The Morgan fingerprint density at radius 3 is 2.71 bits per heavy atom. The Balaban J connectivity index is 2.05. The third-order valence-corrected chi connectivity index (χ3v) is 3.61. The second kappa shape index (κ2) is 3.70. The summed E-state index contributed by atoms with van der Waals surface area (Å²) in [5.41, 5.74) is 5.31. The lowest BCUT2D eigenvalue weighted by molar-refractivity contribution is 0.297. The van der Waals surface area contributed by atoms with Gasteiger partial charge in [0, 0.05) is 12.4 Å². The molecule has 0 radical (unpaired) electrons. The van der Waals surface area contributed by atoms with Crippen LogP contribution in [0.25, 0.3) is 0 Å². The molecule has 90 valence electrons. The predicted molar refractivity (Wildman–Crippen MR) is 62.1 cm³/mol. The van der Waals surface area contributed by atoms with Crippen LogP contribution in [0.5, 0.6) is 0 Å². The highest BCUT2D eigenvalue weighted by molar-refractivity contribution is 5.15. The Labute approximate surface area is 99.6 Å². The molecule has 1 atom stereocenters. The zero-order valence-electron chi connectivity index (χ0n) is 9.84. The number of aromatic nitrogens is 3. The van der Waals surface area contributed by atoms with Gasteiger partial charge in [-0.25, -0.2) is 0 Å². The van der Waals surface area contributed by atoms with Crippen molar-refractivity contribution < 1.29 is 4.52 Å². The van der Waals surface area contributed by atoms with Crippen molar-refractivity contribution in [3.05, 3.63) is 36.2 Å². The van der Waals surface area contributed by atoms with Crippen LogP contribution in [-0.2, 0) is 12.1 Å². The smallest absolute Gasteiger partial charge is 0.240 e. The first kappa shape index (κ1) is 10.5. The van der Waals surface area contributed by atoms with Crippen molar-refractivity contribution in [3.8, 4) is 0 Å². The quantitative estimate of drug-likeness (QED) is 0.867. The maximum Gasteiger partial charge on any atom is 0.240 e. The van der Waals surface area contributed by atoms with Gasteiger partial charge in [0.15, 0.2) is 5.82 Å². The molecule has 2 aromatic rings. The molecule has 0 bridgehead atoms. The van der Waals surface area contributed by atoms with E-state index in [1.165, 1.54) is 12.8 Å². The van der Waals surface area contributed by atoms with Gasteiger partial charge in [-0.2, -0.15) is 4.98 Å². The van der Waals surface area contributed by atoms with E-state index in [0.29, 0.717) is 18.4 Å². The molecule has 3 rings (SSSR count). The zero-order valence-corrected chi connectivity index (χ0v) is 9.84. The first-order chi connectivity index (χ1) is 8.25. The van der Waals surface area contributed by atoms with E-state index in [9.17, 15) is 0 Å². The van der Waals surface area contributed by atoms with Crippen molar-refractivity contribution in [2.24, 2.45) is 11.7 Å². The lowest BCUT2D eigenvalue weighted by atomic mass is 9.94. The van der Waals surface area contributed by atoms with Crippen LogP contribution >= 0.6 is 0 Å². The minimum Gasteiger partial charge on any atom is -0.341 e. The van der Waals surface area contributed by atoms with Crippen LogP contribution in [0.4, 0.5) is 0 Å². The SMILES string of the molecule is C[C@@](c1noc(CN)n1)(C1CC1)n1cccc1. The minimum atomic E-state index is -0.208. The van der Waals surface area contributed by atoms with E-state index >= 15 is 0 Å². The molecule has 1 saturated carbocycles. The third-order valence-electron chi connectivity index (χ3n) is 3.61. The molecule has 1 aliphatic carbocycles. The van der Waals surface area contributed by atoms with E-state index in [-0.39, 0.29) is 5.54 Å². The number of nitrogens with zero attached hydrogens (tertiary/aromatic N) is 3. The molecule has 5 heteroatoms. The molecular weight excluding hydrogens is 216 g/mol. The lowest BCUT2D eigenvalue weighted by Crippen LogP contribution is -2.34. The fourth-order valence-corrected chi connectivity index (χ4v) is 2.34. The van der Waals surface area contributed by atoms with Gasteiger partial charge in [-0.1, -0.05) is 5.16 Å². The normalized spacial score (nSPS) is 19.2. The highest BCUT2D eigenvalue weighted by Gasteiger charge is 2.47. The Hall–Kier alpha value is -1.62. The van der Waals surface area contributed by atoms with Gasteiger partial charge in [-0.3, -0.25) is 0 Å². The molecule has 1 aliphatic rings. The minimum absolute atomic E-state index is 0.208. The summed E-state index contributed by atoms with van der Waals surface area (Å²) in [5.74, 6) is 1.81. The van der Waals surface area contributed by atoms with Crippen LogP contribution in [-0.4, -0.2) is 14.7 Å². The summed E-state index contributed by atoms with van der Waals surface area (Å²) in [6, 6.07) is 4.04. The first-order valence-electron chi connectivity index (χ1n) is 5.91. The van der Waals surface area contributed by atoms with Crippen LogP contribution in [0, 0.1) is 5.92 Å². The first-order valence-corrected chi connectivity index (χ1v) is 5.91. The average Bonchev–Trinajstić information content (AvgIpc) is 2.88. The van der Waals surface area contributed by atoms with Crippen molar-refractivity contribution in [2.45, 2.75) is 31.8 Å². The van der Waals surface area contributed by atoms with Gasteiger partial charge in [-0.15, -0.1) is 0 Å². The van der Waals surface area contributed by atoms with Crippen molar-refractivity contribution in [1.29, 1.82) is 0 Å². The highest BCUT2D eigenvalue weighted by Crippen LogP contribution is 2.47. The molecule has 0 saturated heterocycles. The monoisotopic (exact) mass is 232 g/mol. The second-order valence-corrected chi connectivity index (χ2v) is 4.73. The Bertz CT molecular complexity index is 500. The molecule has 1 fully saturated rings. The molecule has 0 spiro atoms. The lowest BCUT2D eigenvalue weighted by Gasteiger charge is -2.28. The van der Waals surface area contributed by atoms with Crippen molar-refractivity contribution in [1.82, 2.24) is 14.7 Å². The van der Waals surface area contributed by atoms with Crippen molar-refractivity contribution in [2.75, 3.05) is 0 Å². The Morgan fingerprint density at radius 2 is 2.18 bits per heavy atom. The van der Waals surface area contributed by atoms with Gasteiger partial charge >= 0.3 is 0 Å². The van der Waals surface area contributed by atoms with Gasteiger partial charge in [0.05, 0.1) is 6.54 Å². The van der Waals surface area contributed by atoms with Gasteiger partial charge in [0.2, 0.25) is 5.89 Å². The number of hydrogen-bond donors (Lipinski definition) is 1. The van der Waals surface area contributed by atoms with Crippen LogP contribution in [0.15, 0.2) is 29.0 Å². The van der Waals surface area contributed by atoms with Crippen LogP contribution in [0.2, 0.25) is 0 Å². The van der Waals surface area contributed by atoms with Crippen molar-refractivity contribution in [3.63, 3.8) is 0 Å². The van der Waals surface area contributed by atoms with E-state index in [4.69, 9.17) is 10.3 Å². The summed E-state index contributed by atoms with van der Waals surface area (Å²) in [7, 11) is 0. The standard InChI is InChI=1S/C12H16N4O/c1-12(9-4-5-9,16-6-2-3-7-16)11-14-10(8-13)17-15-11/h2-3,6-7,9H,4-5,8,13H2,1H3/t12-/m0/s1. The molecule has 17 heavy (non-hydrogen) atoms. The van der Waals surface area contributed by atoms with Gasteiger partial charge < -0.3 is 14.8 Å². The van der Waals surface area contributed by atoms with Gasteiger partial charge in [-0.05, 0) is 37.8 Å². The molecule has 2 heterocycles. The highest BCUT2D eigenvalue weighted by atomic mass is 16.5. The van der Waals surface area contributed by atoms with Crippen molar-refractivity contribution >= 4 is 0 Å². The van der Waals surface area contributed by atoms with E-state index < -0.39 is 0 Å². The molecule has 0 aliphatic heterocycles. The predicted octanol–water partition coefficient (Wildman–Crippen LogP) is 1.50. The third kappa shape index (κ3) is 1.58. The summed E-state index contributed by atoms with van der Waals surface area (Å²) in [4.78, 5) is 4.39. The topological polar surface area (TPSA) is 69.9 Å². The van der Waals surface area contributed by atoms with Crippen LogP contribution in [0.1, 0.15) is 31.5 Å². The molecule has 5 nitrogen and oxygen atoms in total. The van der Waals surface area contributed by atoms with Gasteiger partial charge in [0.1, 0.15) is 5.54 Å². The molecule has 0 amide bonds. The molecule has 0 unspecified atom stereocenters. The van der Waals surface area contributed by atoms with Crippen LogP contribution in [0.3, 0.4) is 0 Å². The maximum absolute atomic E-state index is 5.51. The fourth-order valence-electron chi connectivity index (χ4n) is 2.34. The number of nitrogens with two attached hydrogens (primary N) is 1. The zero-order chi connectivity index (χ0) is 11.9. The Morgan fingerprint density at radius 1 is 1.47 bits per heavy atom. The number of hydrogen-bond acceptors (Lipinski definition) is 4. The van der Waals surface area contributed by atoms with E-state index in [1.807, 2.05) is 12.1 Å².